The number of sulfonamides is 1. The van der Waals surface area contributed by atoms with E-state index >= 15 is 0 Å². The van der Waals surface area contributed by atoms with Crippen LogP contribution in [-0.4, -0.2) is 45.8 Å². The molecule has 8 heteroatoms. The Balaban J connectivity index is 1.45. The van der Waals surface area contributed by atoms with E-state index in [0.29, 0.717) is 23.0 Å². The molecule has 2 heterocycles. The summed E-state index contributed by atoms with van der Waals surface area (Å²) in [6.45, 7) is 2.64. The van der Waals surface area contributed by atoms with E-state index in [1.165, 1.54) is 16.4 Å². The fourth-order valence-electron chi connectivity index (χ4n) is 2.91. The van der Waals surface area contributed by atoms with Crippen molar-refractivity contribution in [3.05, 3.63) is 42.0 Å². The largest absolute Gasteiger partial charge is 0.493 e. The molecule has 2 aromatic carbocycles. The maximum absolute atomic E-state index is 12.7. The van der Waals surface area contributed by atoms with Crippen molar-refractivity contribution in [2.45, 2.75) is 17.9 Å². The summed E-state index contributed by atoms with van der Waals surface area (Å²) in [4.78, 5) is 0.188. The van der Waals surface area contributed by atoms with Crippen LogP contribution in [0.3, 0.4) is 0 Å². The van der Waals surface area contributed by atoms with Crippen molar-refractivity contribution in [2.24, 2.45) is 0 Å². The molecule has 1 fully saturated rings. The highest BCUT2D eigenvalue weighted by Gasteiger charge is 2.39. The third-order valence-corrected chi connectivity index (χ3v) is 6.24. The summed E-state index contributed by atoms with van der Waals surface area (Å²) in [6, 6.07) is 10.3. The Morgan fingerprint density at radius 3 is 2.58 bits per heavy atom. The summed E-state index contributed by atoms with van der Waals surface area (Å²) in [5.74, 6) is 2.26. The van der Waals surface area contributed by atoms with Gasteiger partial charge in [-0.2, -0.15) is 4.31 Å². The summed E-state index contributed by atoms with van der Waals surface area (Å²) >= 11 is 0. The molecule has 2 aromatic rings. The van der Waals surface area contributed by atoms with Gasteiger partial charge in [0.25, 0.3) is 0 Å². The van der Waals surface area contributed by atoms with Crippen molar-refractivity contribution in [1.82, 2.24) is 4.31 Å². The van der Waals surface area contributed by atoms with Crippen LogP contribution in [0.4, 0.5) is 0 Å². The van der Waals surface area contributed by atoms with Gasteiger partial charge in [0.2, 0.25) is 16.8 Å². The second kappa shape index (κ2) is 6.37. The maximum atomic E-state index is 12.7. The van der Waals surface area contributed by atoms with E-state index in [4.69, 9.17) is 18.9 Å². The number of hydrogen-bond donors (Lipinski definition) is 0. The Kier molecular flexibility index (Phi) is 4.16. The monoisotopic (exact) mass is 377 g/mol. The number of methoxy groups -OCH3 is 1. The first kappa shape index (κ1) is 17.0. The van der Waals surface area contributed by atoms with Gasteiger partial charge in [0, 0.05) is 6.07 Å². The minimum absolute atomic E-state index is 0.108. The molecule has 0 aliphatic carbocycles. The molecule has 0 spiro atoms. The van der Waals surface area contributed by atoms with Gasteiger partial charge in [-0.1, -0.05) is 6.07 Å². The molecular weight excluding hydrogens is 358 g/mol. The van der Waals surface area contributed by atoms with Gasteiger partial charge in [0.15, 0.2) is 23.0 Å². The standard InChI is InChI=1S/C18H19NO6S/c1-12-3-5-15(22-2)18(7-12)25-13-9-19(10-13)26(20,21)14-4-6-16-17(8-14)24-11-23-16/h3-8,13H,9-11H2,1-2H3. The van der Waals surface area contributed by atoms with Gasteiger partial charge < -0.3 is 18.9 Å². The van der Waals surface area contributed by atoms with Crippen molar-refractivity contribution < 1.29 is 27.4 Å². The van der Waals surface area contributed by atoms with Crippen LogP contribution in [0.2, 0.25) is 0 Å². The van der Waals surface area contributed by atoms with Crippen molar-refractivity contribution >= 4 is 10.0 Å². The zero-order valence-corrected chi connectivity index (χ0v) is 15.3. The molecule has 2 aliphatic rings. The third kappa shape index (κ3) is 2.95. The van der Waals surface area contributed by atoms with Crippen molar-refractivity contribution in [1.29, 1.82) is 0 Å². The van der Waals surface area contributed by atoms with Crippen LogP contribution >= 0.6 is 0 Å². The second-order valence-electron chi connectivity index (χ2n) is 6.23. The average Bonchev–Trinajstić information content (AvgIpc) is 3.05. The van der Waals surface area contributed by atoms with Gasteiger partial charge in [0.1, 0.15) is 6.10 Å². The molecule has 0 saturated carbocycles. The highest BCUT2D eigenvalue weighted by molar-refractivity contribution is 7.89. The van der Waals surface area contributed by atoms with E-state index in [9.17, 15) is 8.42 Å². The zero-order valence-electron chi connectivity index (χ0n) is 14.5. The maximum Gasteiger partial charge on any atom is 0.243 e. The van der Waals surface area contributed by atoms with Crippen molar-refractivity contribution in [2.75, 3.05) is 27.0 Å². The van der Waals surface area contributed by atoms with Gasteiger partial charge >= 0.3 is 0 Å². The predicted octanol–water partition coefficient (Wildman–Crippen LogP) is 2.18. The molecule has 0 bridgehead atoms. The minimum atomic E-state index is -3.59. The van der Waals surface area contributed by atoms with Crippen molar-refractivity contribution in [3.63, 3.8) is 0 Å². The number of nitrogens with zero attached hydrogens (tertiary/aromatic N) is 1. The summed E-state index contributed by atoms with van der Waals surface area (Å²) < 4.78 is 48.5. The first-order valence-electron chi connectivity index (χ1n) is 8.18. The zero-order chi connectivity index (χ0) is 18.3. The van der Waals surface area contributed by atoms with E-state index in [2.05, 4.69) is 0 Å². The Morgan fingerprint density at radius 2 is 1.81 bits per heavy atom. The molecule has 4 rings (SSSR count). The molecule has 26 heavy (non-hydrogen) atoms. The van der Waals surface area contributed by atoms with E-state index in [0.717, 1.165) is 5.56 Å². The average molecular weight is 377 g/mol. The second-order valence-corrected chi connectivity index (χ2v) is 8.17. The highest BCUT2D eigenvalue weighted by Crippen LogP contribution is 2.36. The van der Waals surface area contributed by atoms with Crippen LogP contribution in [0.15, 0.2) is 41.3 Å². The summed E-state index contributed by atoms with van der Waals surface area (Å²) in [6.07, 6.45) is -0.213. The molecule has 0 amide bonds. The third-order valence-electron chi connectivity index (χ3n) is 4.41. The van der Waals surface area contributed by atoms with E-state index in [1.54, 1.807) is 13.2 Å². The number of hydrogen-bond acceptors (Lipinski definition) is 6. The van der Waals surface area contributed by atoms with E-state index < -0.39 is 10.0 Å². The van der Waals surface area contributed by atoms with Gasteiger partial charge in [-0.3, -0.25) is 0 Å². The van der Waals surface area contributed by atoms with Crippen LogP contribution in [0.5, 0.6) is 23.0 Å². The number of aryl methyl sites for hydroxylation is 1. The molecule has 0 radical (unpaired) electrons. The van der Waals surface area contributed by atoms with E-state index in [-0.39, 0.29) is 30.9 Å². The van der Waals surface area contributed by atoms with Gasteiger partial charge in [0.05, 0.1) is 25.1 Å². The number of rotatable bonds is 5. The highest BCUT2D eigenvalue weighted by atomic mass is 32.2. The Labute approximate surface area is 152 Å². The first-order valence-corrected chi connectivity index (χ1v) is 9.62. The Morgan fingerprint density at radius 1 is 1.04 bits per heavy atom. The van der Waals surface area contributed by atoms with Crippen LogP contribution in [0.1, 0.15) is 5.56 Å². The SMILES string of the molecule is COc1ccc(C)cc1OC1CN(S(=O)(=O)c2ccc3c(c2)OCO3)C1. The van der Waals surface area contributed by atoms with Gasteiger partial charge in [-0.15, -0.1) is 0 Å². The number of ether oxygens (including phenoxy) is 4. The van der Waals surface area contributed by atoms with Crippen LogP contribution in [0, 0.1) is 6.92 Å². The molecule has 7 nitrogen and oxygen atoms in total. The lowest BCUT2D eigenvalue weighted by molar-refractivity contribution is 0.0735. The molecule has 2 aliphatic heterocycles. The topological polar surface area (TPSA) is 74.3 Å². The molecular formula is C18H19NO6S. The quantitative estimate of drug-likeness (QED) is 0.795. The van der Waals surface area contributed by atoms with Crippen LogP contribution in [-0.2, 0) is 10.0 Å². The van der Waals surface area contributed by atoms with Crippen LogP contribution in [0.25, 0.3) is 0 Å². The minimum Gasteiger partial charge on any atom is -0.493 e. The van der Waals surface area contributed by atoms with E-state index in [1.807, 2.05) is 25.1 Å². The Bertz CT molecular complexity index is 937. The molecule has 0 aromatic heterocycles. The molecule has 0 N–H and O–H groups in total. The normalized spacial score (nSPS) is 17.0. The fourth-order valence-corrected chi connectivity index (χ4v) is 4.43. The predicted molar refractivity (Wildman–Crippen MR) is 93.5 cm³/mol. The smallest absolute Gasteiger partial charge is 0.243 e. The summed E-state index contributed by atoms with van der Waals surface area (Å²) in [5.41, 5.74) is 1.05. The summed E-state index contributed by atoms with van der Waals surface area (Å²) in [5, 5.41) is 0. The lowest BCUT2D eigenvalue weighted by Gasteiger charge is -2.38. The lowest BCUT2D eigenvalue weighted by Crippen LogP contribution is -2.55. The number of benzene rings is 2. The molecule has 0 atom stereocenters. The lowest BCUT2D eigenvalue weighted by atomic mass is 10.2. The van der Waals surface area contributed by atoms with Gasteiger partial charge in [-0.05, 0) is 36.8 Å². The van der Waals surface area contributed by atoms with Crippen molar-refractivity contribution in [3.8, 4) is 23.0 Å². The Hall–Kier alpha value is -2.45. The molecule has 138 valence electrons. The molecule has 1 saturated heterocycles. The number of fused-ring (bicyclic) bond motifs is 1. The molecule has 0 unspecified atom stereocenters. The summed E-state index contributed by atoms with van der Waals surface area (Å²) in [7, 11) is -2.01. The first-order chi connectivity index (χ1) is 12.5. The fraction of sp³-hybridized carbons (Fsp3) is 0.333. The van der Waals surface area contributed by atoms with Gasteiger partial charge in [-0.25, -0.2) is 8.42 Å². The van der Waals surface area contributed by atoms with Crippen LogP contribution < -0.4 is 18.9 Å².